The molecule has 0 saturated carbocycles. The predicted octanol–water partition coefficient (Wildman–Crippen LogP) is 1.75. The fourth-order valence-corrected chi connectivity index (χ4v) is 1.51. The molecule has 1 rings (SSSR count). The number of hydrogen-bond donors (Lipinski definition) is 2. The van der Waals surface area contributed by atoms with E-state index < -0.39 is 0 Å². The molecule has 0 fully saturated rings. The zero-order valence-electron chi connectivity index (χ0n) is 11.5. The fourth-order valence-electron chi connectivity index (χ4n) is 1.51. The maximum atomic E-state index is 4.39. The lowest BCUT2D eigenvalue weighted by Gasteiger charge is -2.11. The first-order valence-corrected chi connectivity index (χ1v) is 6.21. The molecule has 0 unspecified atom stereocenters. The molecule has 18 heavy (non-hydrogen) atoms. The minimum absolute atomic E-state index is 0.681. The standard InChI is InChI=1S/C13H23N5/c1-5-7-14-12-10-11(2)16-13(17-12)15-8-6-9-18(3)4/h5,10H,1,6-9H2,2-4H3,(H2,14,15,16,17). The molecule has 0 bridgehead atoms. The van der Waals surface area contributed by atoms with Gasteiger partial charge >= 0.3 is 0 Å². The van der Waals surface area contributed by atoms with Crippen LogP contribution < -0.4 is 10.6 Å². The minimum atomic E-state index is 0.681. The van der Waals surface area contributed by atoms with E-state index in [0.717, 1.165) is 31.0 Å². The zero-order valence-corrected chi connectivity index (χ0v) is 11.5. The Kier molecular flexibility index (Phi) is 6.14. The number of aryl methyl sites for hydroxylation is 1. The summed E-state index contributed by atoms with van der Waals surface area (Å²) in [6.07, 6.45) is 2.88. The van der Waals surface area contributed by atoms with E-state index in [4.69, 9.17) is 0 Å². The molecule has 0 atom stereocenters. The Morgan fingerprint density at radius 3 is 2.78 bits per heavy atom. The summed E-state index contributed by atoms with van der Waals surface area (Å²) in [5.74, 6) is 1.51. The van der Waals surface area contributed by atoms with Crippen LogP contribution in [-0.4, -0.2) is 48.6 Å². The highest BCUT2D eigenvalue weighted by Gasteiger charge is 2.01. The van der Waals surface area contributed by atoms with E-state index in [0.29, 0.717) is 12.5 Å². The van der Waals surface area contributed by atoms with Crippen molar-refractivity contribution in [3.8, 4) is 0 Å². The Bertz CT molecular complexity index is 376. The zero-order chi connectivity index (χ0) is 13.4. The second-order valence-electron chi connectivity index (χ2n) is 4.47. The van der Waals surface area contributed by atoms with Crippen molar-refractivity contribution in [2.45, 2.75) is 13.3 Å². The van der Waals surface area contributed by atoms with Crippen LogP contribution in [0.4, 0.5) is 11.8 Å². The Hall–Kier alpha value is -1.62. The number of hydrogen-bond acceptors (Lipinski definition) is 5. The van der Waals surface area contributed by atoms with Crippen LogP contribution in [0.25, 0.3) is 0 Å². The summed E-state index contributed by atoms with van der Waals surface area (Å²) in [7, 11) is 4.14. The highest BCUT2D eigenvalue weighted by molar-refractivity contribution is 5.42. The third-order valence-corrected chi connectivity index (χ3v) is 2.35. The highest BCUT2D eigenvalue weighted by Crippen LogP contribution is 2.09. The van der Waals surface area contributed by atoms with Crippen molar-refractivity contribution in [1.82, 2.24) is 14.9 Å². The second-order valence-corrected chi connectivity index (χ2v) is 4.47. The first-order valence-electron chi connectivity index (χ1n) is 6.21. The van der Waals surface area contributed by atoms with Crippen LogP contribution in [0.3, 0.4) is 0 Å². The Morgan fingerprint density at radius 2 is 2.11 bits per heavy atom. The van der Waals surface area contributed by atoms with Gasteiger partial charge < -0.3 is 15.5 Å². The largest absolute Gasteiger partial charge is 0.366 e. The van der Waals surface area contributed by atoms with E-state index in [1.54, 1.807) is 0 Å². The van der Waals surface area contributed by atoms with Gasteiger partial charge in [0.2, 0.25) is 5.95 Å². The van der Waals surface area contributed by atoms with Crippen LogP contribution in [0.15, 0.2) is 18.7 Å². The van der Waals surface area contributed by atoms with Gasteiger partial charge in [0.1, 0.15) is 5.82 Å². The predicted molar refractivity (Wildman–Crippen MR) is 77.1 cm³/mol. The van der Waals surface area contributed by atoms with E-state index in [9.17, 15) is 0 Å². The van der Waals surface area contributed by atoms with Gasteiger partial charge in [-0.1, -0.05) is 6.08 Å². The molecule has 1 aromatic rings. The summed E-state index contributed by atoms with van der Waals surface area (Å²) >= 11 is 0. The van der Waals surface area contributed by atoms with Gasteiger partial charge in [0.15, 0.2) is 0 Å². The molecule has 0 aliphatic heterocycles. The van der Waals surface area contributed by atoms with Crippen LogP contribution in [0.5, 0.6) is 0 Å². The van der Waals surface area contributed by atoms with E-state index in [2.05, 4.69) is 46.2 Å². The SMILES string of the molecule is C=CCNc1cc(C)nc(NCCCN(C)C)n1. The number of nitrogens with one attached hydrogen (secondary N) is 2. The molecule has 5 heteroatoms. The molecule has 0 saturated heterocycles. The molecule has 1 aromatic heterocycles. The Labute approximate surface area is 109 Å². The van der Waals surface area contributed by atoms with E-state index in [-0.39, 0.29) is 0 Å². The van der Waals surface area contributed by atoms with Gasteiger partial charge in [-0.05, 0) is 34.0 Å². The third-order valence-electron chi connectivity index (χ3n) is 2.35. The number of nitrogens with zero attached hydrogens (tertiary/aromatic N) is 3. The molecule has 0 spiro atoms. The molecule has 5 nitrogen and oxygen atoms in total. The molecule has 0 aliphatic carbocycles. The van der Waals surface area contributed by atoms with E-state index >= 15 is 0 Å². The van der Waals surface area contributed by atoms with E-state index in [1.807, 2.05) is 19.1 Å². The summed E-state index contributed by atoms with van der Waals surface area (Å²) < 4.78 is 0. The number of aromatic nitrogens is 2. The summed E-state index contributed by atoms with van der Waals surface area (Å²) in [4.78, 5) is 10.9. The first kappa shape index (κ1) is 14.4. The van der Waals surface area contributed by atoms with Crippen molar-refractivity contribution < 1.29 is 0 Å². The molecular formula is C13H23N5. The molecule has 1 heterocycles. The van der Waals surface area contributed by atoms with Crippen molar-refractivity contribution in [3.63, 3.8) is 0 Å². The molecule has 0 aliphatic rings. The molecule has 100 valence electrons. The summed E-state index contributed by atoms with van der Waals surface area (Å²) in [5, 5.41) is 6.41. The van der Waals surface area contributed by atoms with Crippen LogP contribution in [0.2, 0.25) is 0 Å². The average molecular weight is 249 g/mol. The van der Waals surface area contributed by atoms with Gasteiger partial charge in [0, 0.05) is 24.8 Å². The van der Waals surface area contributed by atoms with Gasteiger partial charge in [0.25, 0.3) is 0 Å². The second kappa shape index (κ2) is 7.66. The smallest absolute Gasteiger partial charge is 0.224 e. The quantitative estimate of drug-likeness (QED) is 0.543. The average Bonchev–Trinajstić information content (AvgIpc) is 2.31. The van der Waals surface area contributed by atoms with Crippen LogP contribution in [0.1, 0.15) is 12.1 Å². The topological polar surface area (TPSA) is 53.1 Å². The normalized spacial score (nSPS) is 10.4. The highest BCUT2D eigenvalue weighted by atomic mass is 15.1. The van der Waals surface area contributed by atoms with E-state index in [1.165, 1.54) is 0 Å². The minimum Gasteiger partial charge on any atom is -0.366 e. The van der Waals surface area contributed by atoms with Crippen molar-refractivity contribution in [2.24, 2.45) is 0 Å². The van der Waals surface area contributed by atoms with Gasteiger partial charge in [0.05, 0.1) is 0 Å². The van der Waals surface area contributed by atoms with Crippen molar-refractivity contribution in [3.05, 3.63) is 24.4 Å². The number of anilines is 2. The third kappa shape index (κ3) is 5.63. The summed E-state index contributed by atoms with van der Waals surface area (Å²) in [6, 6.07) is 1.93. The molecular weight excluding hydrogens is 226 g/mol. The first-order chi connectivity index (χ1) is 8.61. The van der Waals surface area contributed by atoms with Gasteiger partial charge in [-0.2, -0.15) is 4.98 Å². The van der Waals surface area contributed by atoms with Crippen molar-refractivity contribution in [1.29, 1.82) is 0 Å². The Morgan fingerprint density at radius 1 is 1.33 bits per heavy atom. The number of rotatable bonds is 8. The van der Waals surface area contributed by atoms with Crippen LogP contribution in [0, 0.1) is 6.92 Å². The molecule has 0 radical (unpaired) electrons. The lowest BCUT2D eigenvalue weighted by atomic mass is 10.4. The molecule has 0 amide bonds. The van der Waals surface area contributed by atoms with Gasteiger partial charge in [-0.3, -0.25) is 0 Å². The van der Waals surface area contributed by atoms with Crippen molar-refractivity contribution >= 4 is 11.8 Å². The van der Waals surface area contributed by atoms with Gasteiger partial charge in [-0.15, -0.1) is 6.58 Å². The maximum Gasteiger partial charge on any atom is 0.224 e. The maximum absolute atomic E-state index is 4.39. The lowest BCUT2D eigenvalue weighted by molar-refractivity contribution is 0.405. The Balaban J connectivity index is 2.48. The summed E-state index contributed by atoms with van der Waals surface area (Å²) in [5.41, 5.74) is 0.951. The summed E-state index contributed by atoms with van der Waals surface area (Å²) in [6.45, 7) is 8.27. The van der Waals surface area contributed by atoms with Crippen LogP contribution in [-0.2, 0) is 0 Å². The molecule has 0 aromatic carbocycles. The van der Waals surface area contributed by atoms with Crippen LogP contribution >= 0.6 is 0 Å². The monoisotopic (exact) mass is 249 g/mol. The fraction of sp³-hybridized carbons (Fsp3) is 0.538. The van der Waals surface area contributed by atoms with Crippen molar-refractivity contribution in [2.75, 3.05) is 44.4 Å². The molecule has 2 N–H and O–H groups in total. The lowest BCUT2D eigenvalue weighted by Crippen LogP contribution is -2.17. The van der Waals surface area contributed by atoms with Gasteiger partial charge in [-0.25, -0.2) is 4.98 Å².